The normalized spacial score (nSPS) is 14.3. The molecule has 0 aliphatic heterocycles. The molecule has 0 unspecified atom stereocenters. The van der Waals surface area contributed by atoms with Crippen LogP contribution in [0.4, 0.5) is 10.9 Å². The van der Waals surface area contributed by atoms with Crippen molar-refractivity contribution in [3.05, 3.63) is 27.3 Å². The van der Waals surface area contributed by atoms with E-state index in [1.165, 1.54) is 24.2 Å². The zero-order valence-corrected chi connectivity index (χ0v) is 11.8. The molecule has 0 radical (unpaired) electrons. The standard InChI is InChI=1S/C12H14N4OS2/c13-10-9(19-12(16-10)15-8-1-2-8)11(17)14-5-7-3-4-18-6-7/h3-4,6,8H,1-2,5,13H2,(H,14,17)(H,15,16). The van der Waals surface area contributed by atoms with Crippen molar-refractivity contribution in [2.45, 2.75) is 25.4 Å². The zero-order chi connectivity index (χ0) is 13.2. The summed E-state index contributed by atoms with van der Waals surface area (Å²) in [6.07, 6.45) is 2.33. The number of nitrogen functional groups attached to an aromatic ring is 1. The summed E-state index contributed by atoms with van der Waals surface area (Å²) in [6, 6.07) is 2.49. The van der Waals surface area contributed by atoms with Crippen LogP contribution >= 0.6 is 22.7 Å². The Balaban J connectivity index is 1.63. The maximum atomic E-state index is 12.0. The van der Waals surface area contributed by atoms with Gasteiger partial charge in [0.15, 0.2) is 5.13 Å². The van der Waals surface area contributed by atoms with Crippen LogP contribution in [0.25, 0.3) is 0 Å². The Kier molecular flexibility index (Phi) is 3.39. The Morgan fingerprint density at radius 3 is 3.05 bits per heavy atom. The highest BCUT2D eigenvalue weighted by Gasteiger charge is 2.24. The Hall–Kier alpha value is -1.60. The summed E-state index contributed by atoms with van der Waals surface area (Å²) < 4.78 is 0. The van der Waals surface area contributed by atoms with Gasteiger partial charge in [0.05, 0.1) is 0 Å². The number of anilines is 2. The van der Waals surface area contributed by atoms with Gasteiger partial charge in [-0.1, -0.05) is 11.3 Å². The Labute approximate surface area is 118 Å². The molecule has 2 heterocycles. The van der Waals surface area contributed by atoms with Crippen molar-refractivity contribution < 1.29 is 4.79 Å². The van der Waals surface area contributed by atoms with Gasteiger partial charge in [0.1, 0.15) is 10.7 Å². The number of nitrogens with zero attached hydrogens (tertiary/aromatic N) is 1. The molecule has 1 amide bonds. The lowest BCUT2D eigenvalue weighted by Crippen LogP contribution is -2.22. The summed E-state index contributed by atoms with van der Waals surface area (Å²) in [7, 11) is 0. The first-order valence-electron chi connectivity index (χ1n) is 6.04. The molecular formula is C12H14N4OS2. The number of thiazole rings is 1. The van der Waals surface area contributed by atoms with Crippen molar-refractivity contribution >= 4 is 39.5 Å². The van der Waals surface area contributed by atoms with E-state index in [0.29, 0.717) is 23.3 Å². The van der Waals surface area contributed by atoms with Gasteiger partial charge < -0.3 is 16.4 Å². The second kappa shape index (κ2) is 5.18. The molecule has 2 aromatic heterocycles. The molecule has 1 aliphatic carbocycles. The summed E-state index contributed by atoms with van der Waals surface area (Å²) in [4.78, 5) is 16.7. The number of rotatable bonds is 5. The second-order valence-corrected chi connectivity index (χ2v) is 6.25. The van der Waals surface area contributed by atoms with Gasteiger partial charge >= 0.3 is 0 Å². The maximum absolute atomic E-state index is 12.0. The largest absolute Gasteiger partial charge is 0.382 e. The fourth-order valence-corrected chi connectivity index (χ4v) is 3.16. The number of amides is 1. The molecule has 1 aliphatic rings. The molecular weight excluding hydrogens is 280 g/mol. The van der Waals surface area contributed by atoms with Crippen molar-refractivity contribution in [3.63, 3.8) is 0 Å². The van der Waals surface area contributed by atoms with Crippen molar-refractivity contribution in [1.29, 1.82) is 0 Å². The van der Waals surface area contributed by atoms with Crippen LogP contribution in [-0.4, -0.2) is 16.9 Å². The molecule has 1 saturated carbocycles. The van der Waals surface area contributed by atoms with Gasteiger partial charge in [-0.15, -0.1) is 0 Å². The third-order valence-electron chi connectivity index (χ3n) is 2.80. The molecule has 2 aromatic rings. The van der Waals surface area contributed by atoms with Gasteiger partial charge in [-0.25, -0.2) is 4.98 Å². The third-order valence-corrected chi connectivity index (χ3v) is 4.53. The first-order valence-corrected chi connectivity index (χ1v) is 7.80. The number of hydrogen-bond donors (Lipinski definition) is 3. The van der Waals surface area contributed by atoms with E-state index in [-0.39, 0.29) is 5.91 Å². The molecule has 0 aromatic carbocycles. The Bertz CT molecular complexity index is 575. The summed E-state index contributed by atoms with van der Waals surface area (Å²) in [5.41, 5.74) is 6.88. The van der Waals surface area contributed by atoms with Crippen LogP contribution in [0.1, 0.15) is 28.1 Å². The van der Waals surface area contributed by atoms with E-state index in [9.17, 15) is 4.79 Å². The van der Waals surface area contributed by atoms with Crippen molar-refractivity contribution in [2.75, 3.05) is 11.1 Å². The number of aromatic nitrogens is 1. The molecule has 4 N–H and O–H groups in total. The van der Waals surface area contributed by atoms with Gasteiger partial charge in [0.25, 0.3) is 5.91 Å². The lowest BCUT2D eigenvalue weighted by molar-refractivity contribution is 0.0955. The molecule has 100 valence electrons. The van der Waals surface area contributed by atoms with Crippen LogP contribution < -0.4 is 16.4 Å². The monoisotopic (exact) mass is 294 g/mol. The van der Waals surface area contributed by atoms with E-state index in [1.54, 1.807) is 11.3 Å². The highest BCUT2D eigenvalue weighted by molar-refractivity contribution is 7.18. The number of hydrogen-bond acceptors (Lipinski definition) is 6. The highest BCUT2D eigenvalue weighted by Crippen LogP contribution is 2.30. The quantitative estimate of drug-likeness (QED) is 0.790. The zero-order valence-electron chi connectivity index (χ0n) is 10.2. The minimum absolute atomic E-state index is 0.162. The predicted molar refractivity (Wildman–Crippen MR) is 78.7 cm³/mol. The van der Waals surface area contributed by atoms with Crippen LogP contribution in [0.5, 0.6) is 0 Å². The van der Waals surface area contributed by atoms with Gasteiger partial charge in [-0.3, -0.25) is 4.79 Å². The number of carbonyl (C=O) groups is 1. The van der Waals surface area contributed by atoms with Gasteiger partial charge in [-0.05, 0) is 35.2 Å². The topological polar surface area (TPSA) is 80.0 Å². The predicted octanol–water partition coefficient (Wildman–Crippen LogP) is 2.29. The van der Waals surface area contributed by atoms with E-state index in [0.717, 1.165) is 10.7 Å². The van der Waals surface area contributed by atoms with Crippen LogP contribution in [0, 0.1) is 0 Å². The molecule has 7 heteroatoms. The average molecular weight is 294 g/mol. The van der Waals surface area contributed by atoms with Crippen LogP contribution in [0.15, 0.2) is 16.8 Å². The lowest BCUT2D eigenvalue weighted by Gasteiger charge is -2.01. The number of thiophene rings is 1. The average Bonchev–Trinajstić information content (AvgIpc) is 2.90. The van der Waals surface area contributed by atoms with Crippen LogP contribution in [0.3, 0.4) is 0 Å². The molecule has 0 bridgehead atoms. The van der Waals surface area contributed by atoms with Crippen molar-refractivity contribution in [3.8, 4) is 0 Å². The number of nitrogens with two attached hydrogens (primary N) is 1. The first-order chi connectivity index (χ1) is 9.22. The second-order valence-electron chi connectivity index (χ2n) is 4.47. The Morgan fingerprint density at radius 1 is 1.53 bits per heavy atom. The molecule has 1 fully saturated rings. The number of carbonyl (C=O) groups excluding carboxylic acids is 1. The molecule has 0 atom stereocenters. The summed E-state index contributed by atoms with van der Waals surface area (Å²) in [5.74, 6) is 0.140. The summed E-state index contributed by atoms with van der Waals surface area (Å²) in [6.45, 7) is 0.519. The number of nitrogens with one attached hydrogen (secondary N) is 2. The van der Waals surface area contributed by atoms with E-state index >= 15 is 0 Å². The van der Waals surface area contributed by atoms with Crippen LogP contribution in [-0.2, 0) is 6.54 Å². The smallest absolute Gasteiger partial charge is 0.265 e. The fourth-order valence-electron chi connectivity index (χ4n) is 1.61. The van der Waals surface area contributed by atoms with Crippen LogP contribution in [0.2, 0.25) is 0 Å². The van der Waals surface area contributed by atoms with Crippen molar-refractivity contribution in [1.82, 2.24) is 10.3 Å². The minimum Gasteiger partial charge on any atom is -0.382 e. The molecule has 5 nitrogen and oxygen atoms in total. The fraction of sp³-hybridized carbons (Fsp3) is 0.333. The lowest BCUT2D eigenvalue weighted by atomic mass is 10.3. The van der Waals surface area contributed by atoms with Crippen molar-refractivity contribution in [2.24, 2.45) is 0 Å². The van der Waals surface area contributed by atoms with Gasteiger partial charge in [-0.2, -0.15) is 11.3 Å². The van der Waals surface area contributed by atoms with E-state index in [2.05, 4.69) is 15.6 Å². The third kappa shape index (κ3) is 3.05. The van der Waals surface area contributed by atoms with E-state index < -0.39 is 0 Å². The van der Waals surface area contributed by atoms with E-state index in [1.807, 2.05) is 16.8 Å². The summed E-state index contributed by atoms with van der Waals surface area (Å²) >= 11 is 2.93. The van der Waals surface area contributed by atoms with E-state index in [4.69, 9.17) is 5.73 Å². The molecule has 3 rings (SSSR count). The highest BCUT2D eigenvalue weighted by atomic mass is 32.1. The Morgan fingerprint density at radius 2 is 2.37 bits per heavy atom. The SMILES string of the molecule is Nc1nc(NC2CC2)sc1C(=O)NCc1ccsc1. The first kappa shape index (κ1) is 12.4. The minimum atomic E-state index is -0.162. The summed E-state index contributed by atoms with van der Waals surface area (Å²) in [5, 5.41) is 10.8. The maximum Gasteiger partial charge on any atom is 0.265 e. The van der Waals surface area contributed by atoms with Gasteiger partial charge in [0, 0.05) is 12.6 Å². The molecule has 0 saturated heterocycles. The molecule has 0 spiro atoms. The molecule has 19 heavy (non-hydrogen) atoms. The van der Waals surface area contributed by atoms with Gasteiger partial charge in [0.2, 0.25) is 0 Å².